The molecule has 0 radical (unpaired) electrons. The maximum atomic E-state index is 12.4. The maximum absolute atomic E-state index is 12.4. The highest BCUT2D eigenvalue weighted by Gasteiger charge is 2.51. The summed E-state index contributed by atoms with van der Waals surface area (Å²) in [5.41, 5.74) is -0.642. The van der Waals surface area contributed by atoms with Crippen LogP contribution >= 0.6 is 0 Å². The number of carbonyl (C=O) groups is 2. The number of Topliss-reactive ketones (excluding diaryl/α,β-unsaturated/α-hetero) is 1. The van der Waals surface area contributed by atoms with Crippen LogP contribution in [0.2, 0.25) is 0 Å². The zero-order valence-corrected chi connectivity index (χ0v) is 13.0. The molecule has 6 nitrogen and oxygen atoms in total. The van der Waals surface area contributed by atoms with Crippen molar-refractivity contribution >= 4 is 21.9 Å². The average Bonchev–Trinajstić information content (AvgIpc) is 2.41. The molecule has 0 spiro atoms. The minimum absolute atomic E-state index is 0.0634. The number of rotatable bonds is 5. The predicted molar refractivity (Wildman–Crippen MR) is 75.2 cm³/mol. The molecular weight excluding hydrogens is 296 g/mol. The molecule has 0 aromatic carbocycles. The lowest BCUT2D eigenvalue weighted by Gasteiger charge is -2.45. The molecule has 21 heavy (non-hydrogen) atoms. The molecule has 0 amide bonds. The second-order valence-electron chi connectivity index (χ2n) is 6.28. The minimum Gasteiger partial charge on any atom is -0.464 e. The van der Waals surface area contributed by atoms with Crippen LogP contribution in [-0.4, -0.2) is 37.1 Å². The van der Waals surface area contributed by atoms with Gasteiger partial charge in [0.15, 0.2) is 0 Å². The van der Waals surface area contributed by atoms with Crippen molar-refractivity contribution < 1.29 is 27.3 Å². The first-order chi connectivity index (χ1) is 9.76. The Kier molecular flexibility index (Phi) is 4.72. The molecule has 120 valence electrons. The number of carbonyl (C=O) groups excluding carboxylic acids is 2. The number of ether oxygens (including phenoxy) is 1. The van der Waals surface area contributed by atoms with Crippen molar-refractivity contribution in [3.63, 3.8) is 0 Å². The Balaban J connectivity index is 2.04. The Labute approximate surface area is 125 Å². The van der Waals surface area contributed by atoms with Gasteiger partial charge in [-0.05, 0) is 31.6 Å². The van der Waals surface area contributed by atoms with E-state index in [1.165, 1.54) is 0 Å². The fraction of sp³-hybridized carbons (Fsp3) is 0.857. The third-order valence-corrected chi connectivity index (χ3v) is 5.51. The molecule has 2 rings (SSSR count). The van der Waals surface area contributed by atoms with Gasteiger partial charge >= 0.3 is 5.97 Å². The number of hydrogen-bond acceptors (Lipinski definition) is 5. The minimum atomic E-state index is -4.13. The maximum Gasteiger partial charge on any atom is 0.312 e. The van der Waals surface area contributed by atoms with Crippen LogP contribution in [0.15, 0.2) is 0 Å². The molecule has 1 N–H and O–H groups in total. The lowest BCUT2D eigenvalue weighted by molar-refractivity contribution is -0.164. The molecule has 3 unspecified atom stereocenters. The van der Waals surface area contributed by atoms with Crippen LogP contribution in [0.4, 0.5) is 0 Å². The fourth-order valence-electron chi connectivity index (χ4n) is 3.67. The van der Waals surface area contributed by atoms with Crippen molar-refractivity contribution in [2.75, 3.05) is 12.4 Å². The summed E-state index contributed by atoms with van der Waals surface area (Å²) in [4.78, 5) is 24.3. The highest BCUT2D eigenvalue weighted by atomic mass is 32.2. The molecule has 2 saturated carbocycles. The number of esters is 1. The highest BCUT2D eigenvalue weighted by molar-refractivity contribution is 7.85. The van der Waals surface area contributed by atoms with Crippen LogP contribution in [-0.2, 0) is 24.4 Å². The summed E-state index contributed by atoms with van der Waals surface area (Å²) in [5.74, 6) is -0.501. The summed E-state index contributed by atoms with van der Waals surface area (Å²) >= 11 is 0. The Morgan fingerprint density at radius 3 is 2.76 bits per heavy atom. The van der Waals surface area contributed by atoms with Gasteiger partial charge in [0.1, 0.15) is 18.1 Å². The topological polar surface area (TPSA) is 97.7 Å². The molecule has 2 aliphatic rings. The molecule has 2 aliphatic carbocycles. The van der Waals surface area contributed by atoms with Crippen LogP contribution in [0.5, 0.6) is 0 Å². The van der Waals surface area contributed by atoms with Crippen molar-refractivity contribution in [2.24, 2.45) is 17.3 Å². The van der Waals surface area contributed by atoms with Gasteiger partial charge in [-0.1, -0.05) is 13.3 Å². The molecule has 0 aromatic rings. The molecular formula is C14H22O6S. The first-order valence-corrected chi connectivity index (χ1v) is 9.02. The largest absolute Gasteiger partial charge is 0.464 e. The van der Waals surface area contributed by atoms with E-state index in [1.54, 1.807) is 0 Å². The Morgan fingerprint density at radius 2 is 2.14 bits per heavy atom. The van der Waals surface area contributed by atoms with Gasteiger partial charge in [-0.2, -0.15) is 8.42 Å². The zero-order chi connectivity index (χ0) is 15.7. The van der Waals surface area contributed by atoms with E-state index in [0.717, 1.165) is 12.8 Å². The first-order valence-electron chi connectivity index (χ1n) is 7.41. The van der Waals surface area contributed by atoms with Gasteiger partial charge in [-0.25, -0.2) is 0 Å². The van der Waals surface area contributed by atoms with Crippen LogP contribution in [0, 0.1) is 17.3 Å². The SMILES string of the molecule is CCC1CC2CC(C(=O)OCCS(=O)(=O)O)(CCC2=O)C1. The summed E-state index contributed by atoms with van der Waals surface area (Å²) in [7, 11) is -4.13. The summed E-state index contributed by atoms with van der Waals surface area (Å²) in [6.07, 6.45) is 3.88. The molecule has 2 bridgehead atoms. The van der Waals surface area contributed by atoms with Crippen LogP contribution < -0.4 is 0 Å². The van der Waals surface area contributed by atoms with Crippen LogP contribution in [0.1, 0.15) is 45.4 Å². The quantitative estimate of drug-likeness (QED) is 0.610. The average molecular weight is 318 g/mol. The Morgan fingerprint density at radius 1 is 1.43 bits per heavy atom. The van der Waals surface area contributed by atoms with E-state index in [9.17, 15) is 18.0 Å². The second kappa shape index (κ2) is 6.04. The standard InChI is InChI=1S/C14H22O6S/c1-2-10-7-11-9-14(8-10,4-3-12(11)15)13(16)20-5-6-21(17,18)19/h10-11H,2-9H2,1H3,(H,17,18,19). The number of ketones is 1. The normalized spacial score (nSPS) is 32.8. The Bertz CT molecular complexity index is 526. The van der Waals surface area contributed by atoms with E-state index in [0.29, 0.717) is 31.6 Å². The van der Waals surface area contributed by atoms with Crippen molar-refractivity contribution in [1.29, 1.82) is 0 Å². The van der Waals surface area contributed by atoms with E-state index in [2.05, 4.69) is 0 Å². The molecule has 3 atom stereocenters. The van der Waals surface area contributed by atoms with Crippen molar-refractivity contribution in [1.82, 2.24) is 0 Å². The van der Waals surface area contributed by atoms with E-state index >= 15 is 0 Å². The van der Waals surface area contributed by atoms with E-state index in [4.69, 9.17) is 9.29 Å². The van der Waals surface area contributed by atoms with Crippen molar-refractivity contribution in [3.8, 4) is 0 Å². The summed E-state index contributed by atoms with van der Waals surface area (Å²) in [5, 5.41) is 0. The molecule has 0 heterocycles. The highest BCUT2D eigenvalue weighted by Crippen LogP contribution is 2.51. The summed E-state index contributed by atoms with van der Waals surface area (Å²) in [6.45, 7) is 1.71. The second-order valence-corrected chi connectivity index (χ2v) is 7.86. The molecule has 7 heteroatoms. The monoisotopic (exact) mass is 318 g/mol. The number of fused-ring (bicyclic) bond motifs is 2. The van der Waals surface area contributed by atoms with Gasteiger partial charge in [0, 0.05) is 12.3 Å². The van der Waals surface area contributed by atoms with Gasteiger partial charge in [0.25, 0.3) is 10.1 Å². The summed E-state index contributed by atoms with van der Waals surface area (Å²) in [6, 6.07) is 0. The molecule has 0 aromatic heterocycles. The molecule has 0 aliphatic heterocycles. The van der Waals surface area contributed by atoms with Gasteiger partial charge in [-0.3, -0.25) is 14.1 Å². The lowest BCUT2D eigenvalue weighted by atomic mass is 9.58. The van der Waals surface area contributed by atoms with Gasteiger partial charge in [-0.15, -0.1) is 0 Å². The third-order valence-electron chi connectivity index (χ3n) is 4.82. The number of hydrogen-bond donors (Lipinski definition) is 1. The van der Waals surface area contributed by atoms with Crippen molar-refractivity contribution in [3.05, 3.63) is 0 Å². The zero-order valence-electron chi connectivity index (χ0n) is 12.2. The van der Waals surface area contributed by atoms with Crippen LogP contribution in [0.3, 0.4) is 0 Å². The van der Waals surface area contributed by atoms with Gasteiger partial charge < -0.3 is 4.74 Å². The van der Waals surface area contributed by atoms with E-state index in [-0.39, 0.29) is 18.3 Å². The van der Waals surface area contributed by atoms with E-state index < -0.39 is 27.3 Å². The predicted octanol–water partition coefficient (Wildman–Crippen LogP) is 1.59. The smallest absolute Gasteiger partial charge is 0.312 e. The fourth-order valence-corrected chi connectivity index (χ4v) is 3.96. The van der Waals surface area contributed by atoms with Gasteiger partial charge in [0.2, 0.25) is 0 Å². The molecule has 0 saturated heterocycles. The van der Waals surface area contributed by atoms with Crippen molar-refractivity contribution in [2.45, 2.75) is 45.4 Å². The van der Waals surface area contributed by atoms with Gasteiger partial charge in [0.05, 0.1) is 5.41 Å². The van der Waals surface area contributed by atoms with E-state index in [1.807, 2.05) is 6.92 Å². The first kappa shape index (κ1) is 16.4. The Hall–Kier alpha value is -0.950. The molecule has 2 fully saturated rings. The third kappa shape index (κ3) is 3.83. The lowest BCUT2D eigenvalue weighted by Crippen LogP contribution is -2.46. The summed E-state index contributed by atoms with van der Waals surface area (Å²) < 4.78 is 35.1. The van der Waals surface area contributed by atoms with Crippen LogP contribution in [0.25, 0.3) is 0 Å².